The molecule has 0 aromatic heterocycles. The lowest BCUT2D eigenvalue weighted by Crippen LogP contribution is -2.01. The fourth-order valence-electron chi connectivity index (χ4n) is 3.68. The van der Waals surface area contributed by atoms with Crippen molar-refractivity contribution in [2.24, 2.45) is 0 Å². The predicted molar refractivity (Wildman–Crippen MR) is 158 cm³/mol. The molecule has 0 radical (unpaired) electrons. The Labute approximate surface area is 235 Å². The maximum Gasteiger partial charge on any atom is 0.193 e. The van der Waals surface area contributed by atoms with Crippen molar-refractivity contribution in [3.8, 4) is 28.7 Å². The minimum atomic E-state index is -0.0954. The van der Waals surface area contributed by atoms with Crippen molar-refractivity contribution >= 4 is 11.6 Å². The highest BCUT2D eigenvalue weighted by Gasteiger charge is 2.10. The Bertz CT molecular complexity index is 1510. The number of hydrogen-bond donors (Lipinski definition) is 0. The Morgan fingerprint density at radius 3 is 1.43 bits per heavy atom. The molecule has 0 aliphatic rings. The number of carbonyl (C=O) groups is 2. The third-order valence-electron chi connectivity index (χ3n) is 6.22. The van der Waals surface area contributed by atoms with E-state index in [-0.39, 0.29) is 11.6 Å². The first-order valence-corrected chi connectivity index (χ1v) is 13.1. The van der Waals surface area contributed by atoms with E-state index in [4.69, 9.17) is 14.2 Å². The van der Waals surface area contributed by atoms with E-state index in [2.05, 4.69) is 0 Å². The summed E-state index contributed by atoms with van der Waals surface area (Å²) in [5.74, 6) is 4.06. The highest BCUT2D eigenvalue weighted by Crippen LogP contribution is 2.27. The molecule has 0 aliphatic carbocycles. The summed E-state index contributed by atoms with van der Waals surface area (Å²) in [4.78, 5) is 24.4. The molecule has 40 heavy (non-hydrogen) atoms. The van der Waals surface area contributed by atoms with Crippen LogP contribution in [0.2, 0.25) is 0 Å². The monoisotopic (exact) mass is 532 g/mol. The lowest BCUT2D eigenvalue weighted by atomic mass is 10.0. The quantitative estimate of drug-likeness (QED) is 0.0835. The van der Waals surface area contributed by atoms with Gasteiger partial charge < -0.3 is 14.2 Å². The molecule has 0 spiro atoms. The summed E-state index contributed by atoms with van der Waals surface area (Å²) >= 11 is 0. The molecule has 0 bridgehead atoms. The second-order valence-electron chi connectivity index (χ2n) is 9.36. The van der Waals surface area contributed by atoms with Gasteiger partial charge in [0.1, 0.15) is 34.5 Å². The van der Waals surface area contributed by atoms with Gasteiger partial charge in [-0.25, -0.2) is 0 Å². The van der Waals surface area contributed by atoms with Gasteiger partial charge in [0, 0.05) is 17.5 Å². The second kappa shape index (κ2) is 13.3. The topological polar surface area (TPSA) is 61.8 Å². The Morgan fingerprint density at radius 1 is 0.600 bits per heavy atom. The molecular weight excluding hydrogens is 500 g/mol. The van der Waals surface area contributed by atoms with Crippen LogP contribution in [0, 0.1) is 6.92 Å². The van der Waals surface area contributed by atoms with Gasteiger partial charge in [-0.1, -0.05) is 30.7 Å². The van der Waals surface area contributed by atoms with Gasteiger partial charge in [0.25, 0.3) is 0 Å². The summed E-state index contributed by atoms with van der Waals surface area (Å²) in [6.07, 6.45) is 4.22. The summed E-state index contributed by atoms with van der Waals surface area (Å²) in [5.41, 5.74) is 2.95. The van der Waals surface area contributed by atoms with Crippen molar-refractivity contribution in [3.05, 3.63) is 137 Å². The number of allylic oxidation sites excluding steroid dienone is 4. The SMILES string of the molecule is CC/C(=C\C=C(/C)C(C)=O)Oc1ccc(C(=O)c2ccc(Oc3ccc(Oc4ccc(C)cc4)cc3)cc2)cc1. The van der Waals surface area contributed by atoms with Gasteiger partial charge in [-0.2, -0.15) is 0 Å². The standard InChI is InChI=1S/C35H32O5/c1-5-29(15-8-25(3)26(4)36)38-31-16-9-27(10-17-31)35(37)28-11-18-32(19-12-28)40-34-22-20-33(21-23-34)39-30-13-6-24(2)7-14-30/h6-23H,5H2,1-4H3/b25-8+,29-15+. The molecule has 5 heteroatoms. The molecule has 0 fully saturated rings. The molecule has 0 aliphatic heterocycles. The first-order chi connectivity index (χ1) is 19.3. The van der Waals surface area contributed by atoms with Crippen LogP contribution in [0.1, 0.15) is 48.7 Å². The first-order valence-electron chi connectivity index (χ1n) is 13.1. The van der Waals surface area contributed by atoms with Crippen molar-refractivity contribution in [1.29, 1.82) is 0 Å². The second-order valence-corrected chi connectivity index (χ2v) is 9.36. The molecule has 5 nitrogen and oxygen atoms in total. The van der Waals surface area contributed by atoms with Crippen LogP contribution in [-0.4, -0.2) is 11.6 Å². The number of rotatable bonds is 11. The molecule has 0 atom stereocenters. The zero-order chi connectivity index (χ0) is 28.5. The maximum atomic E-state index is 13.0. The van der Waals surface area contributed by atoms with E-state index in [1.807, 2.05) is 62.4 Å². The van der Waals surface area contributed by atoms with Crippen molar-refractivity contribution in [1.82, 2.24) is 0 Å². The van der Waals surface area contributed by atoms with E-state index in [0.717, 1.165) is 17.3 Å². The summed E-state index contributed by atoms with van der Waals surface area (Å²) < 4.78 is 17.7. The van der Waals surface area contributed by atoms with Crippen LogP contribution in [0.25, 0.3) is 0 Å². The number of carbonyl (C=O) groups excluding carboxylic acids is 2. The van der Waals surface area contributed by atoms with E-state index in [1.165, 1.54) is 12.5 Å². The van der Waals surface area contributed by atoms with Crippen LogP contribution in [0.5, 0.6) is 28.7 Å². The van der Waals surface area contributed by atoms with Gasteiger partial charge >= 0.3 is 0 Å². The van der Waals surface area contributed by atoms with E-state index in [9.17, 15) is 9.59 Å². The van der Waals surface area contributed by atoms with Gasteiger partial charge in [-0.05, 0) is 117 Å². The minimum Gasteiger partial charge on any atom is -0.462 e. The third-order valence-corrected chi connectivity index (χ3v) is 6.22. The molecule has 202 valence electrons. The number of Topliss-reactive ketones (excluding diaryl/α,β-unsaturated/α-hetero) is 1. The predicted octanol–water partition coefficient (Wildman–Crippen LogP) is 9.02. The van der Waals surface area contributed by atoms with E-state index >= 15 is 0 Å². The van der Waals surface area contributed by atoms with Gasteiger partial charge in [0.15, 0.2) is 11.6 Å². The number of hydrogen-bond acceptors (Lipinski definition) is 5. The van der Waals surface area contributed by atoms with Crippen LogP contribution < -0.4 is 14.2 Å². The molecule has 0 saturated carbocycles. The lowest BCUT2D eigenvalue weighted by molar-refractivity contribution is -0.113. The van der Waals surface area contributed by atoms with Gasteiger partial charge in [-0.3, -0.25) is 9.59 Å². The summed E-state index contributed by atoms with van der Waals surface area (Å²) in [6.45, 7) is 7.31. The van der Waals surface area contributed by atoms with Crippen LogP contribution in [0.3, 0.4) is 0 Å². The number of benzene rings is 4. The smallest absolute Gasteiger partial charge is 0.193 e. The fraction of sp³-hybridized carbons (Fsp3) is 0.143. The lowest BCUT2D eigenvalue weighted by Gasteiger charge is -2.10. The summed E-state index contributed by atoms with van der Waals surface area (Å²) in [5, 5.41) is 0. The minimum absolute atomic E-state index is 0.0208. The van der Waals surface area contributed by atoms with E-state index < -0.39 is 0 Å². The number of aryl methyl sites for hydroxylation is 1. The average Bonchev–Trinajstić information content (AvgIpc) is 2.97. The fourth-order valence-corrected chi connectivity index (χ4v) is 3.68. The van der Waals surface area contributed by atoms with Crippen molar-refractivity contribution < 1.29 is 23.8 Å². The third kappa shape index (κ3) is 7.81. The molecule has 4 rings (SSSR count). The Morgan fingerprint density at radius 2 is 1.00 bits per heavy atom. The normalized spacial score (nSPS) is 11.6. The molecule has 0 heterocycles. The molecule has 0 saturated heterocycles. The highest BCUT2D eigenvalue weighted by atomic mass is 16.5. The molecule has 4 aromatic rings. The van der Waals surface area contributed by atoms with Crippen LogP contribution >= 0.6 is 0 Å². The Balaban J connectivity index is 1.35. The van der Waals surface area contributed by atoms with Gasteiger partial charge in [0.05, 0.1) is 0 Å². The molecule has 4 aromatic carbocycles. The number of ether oxygens (including phenoxy) is 3. The zero-order valence-corrected chi connectivity index (χ0v) is 23.1. The Hall–Kier alpha value is -4.90. The molecule has 0 amide bonds. The Kier molecular flexibility index (Phi) is 9.31. The van der Waals surface area contributed by atoms with Crippen molar-refractivity contribution in [3.63, 3.8) is 0 Å². The van der Waals surface area contributed by atoms with E-state index in [1.54, 1.807) is 67.6 Å². The summed E-state index contributed by atoms with van der Waals surface area (Å²) in [7, 11) is 0. The van der Waals surface area contributed by atoms with Gasteiger partial charge in [-0.15, -0.1) is 0 Å². The van der Waals surface area contributed by atoms with Gasteiger partial charge in [0.2, 0.25) is 0 Å². The van der Waals surface area contributed by atoms with E-state index in [0.29, 0.717) is 40.4 Å². The molecule has 0 unspecified atom stereocenters. The highest BCUT2D eigenvalue weighted by molar-refractivity contribution is 6.09. The summed E-state index contributed by atoms with van der Waals surface area (Å²) in [6, 6.07) is 29.3. The zero-order valence-electron chi connectivity index (χ0n) is 23.1. The average molecular weight is 533 g/mol. The largest absolute Gasteiger partial charge is 0.462 e. The molecule has 0 N–H and O–H groups in total. The molecular formula is C35H32O5. The van der Waals surface area contributed by atoms with Crippen molar-refractivity contribution in [2.45, 2.75) is 34.1 Å². The van der Waals surface area contributed by atoms with Crippen molar-refractivity contribution in [2.75, 3.05) is 0 Å². The first kappa shape index (κ1) is 28.1. The van der Waals surface area contributed by atoms with Crippen LogP contribution in [0.15, 0.2) is 121 Å². The number of ketones is 2. The van der Waals surface area contributed by atoms with Crippen LogP contribution in [0.4, 0.5) is 0 Å². The van der Waals surface area contributed by atoms with Crippen LogP contribution in [-0.2, 0) is 4.79 Å². The maximum absolute atomic E-state index is 13.0.